The second-order valence-corrected chi connectivity index (χ2v) is 3.90. The van der Waals surface area contributed by atoms with Crippen molar-refractivity contribution in [2.75, 3.05) is 13.1 Å². The van der Waals surface area contributed by atoms with E-state index < -0.39 is 17.5 Å². The second-order valence-electron chi connectivity index (χ2n) is 3.90. The fourth-order valence-corrected chi connectivity index (χ4v) is 1.81. The van der Waals surface area contributed by atoms with Crippen LogP contribution in [-0.4, -0.2) is 29.9 Å². The first-order valence-corrected chi connectivity index (χ1v) is 5.08. The minimum Gasteiger partial charge on any atom is -0.337 e. The molecule has 0 aromatic heterocycles. The summed E-state index contributed by atoms with van der Waals surface area (Å²) in [5.41, 5.74) is 5.42. The molecule has 16 heavy (non-hydrogen) atoms. The molecule has 5 heteroatoms. The molecule has 0 aliphatic carbocycles. The molecule has 1 aromatic rings. The van der Waals surface area contributed by atoms with Gasteiger partial charge in [-0.25, -0.2) is 8.78 Å². The van der Waals surface area contributed by atoms with E-state index in [1.165, 1.54) is 17.0 Å². The maximum Gasteiger partial charge on any atom is 0.256 e. The first-order chi connectivity index (χ1) is 7.59. The highest BCUT2D eigenvalue weighted by Crippen LogP contribution is 2.16. The lowest BCUT2D eigenvalue weighted by molar-refractivity contribution is 0.0785. The fraction of sp³-hybridized carbons (Fsp3) is 0.364. The van der Waals surface area contributed by atoms with E-state index in [1.54, 1.807) is 0 Å². The van der Waals surface area contributed by atoms with Gasteiger partial charge in [0.2, 0.25) is 0 Å². The summed E-state index contributed by atoms with van der Waals surface area (Å²) < 4.78 is 26.3. The normalized spacial score (nSPS) is 20.2. The average Bonchev–Trinajstić information content (AvgIpc) is 2.68. The molecule has 1 aliphatic rings. The van der Waals surface area contributed by atoms with E-state index in [0.717, 1.165) is 6.07 Å². The lowest BCUT2D eigenvalue weighted by Gasteiger charge is -2.16. The summed E-state index contributed by atoms with van der Waals surface area (Å²) in [7, 11) is 0. The maximum absolute atomic E-state index is 13.3. The molecular weight excluding hydrogens is 214 g/mol. The Morgan fingerprint density at radius 3 is 2.81 bits per heavy atom. The fourth-order valence-electron chi connectivity index (χ4n) is 1.81. The first-order valence-electron chi connectivity index (χ1n) is 5.08. The molecule has 0 radical (unpaired) electrons. The van der Waals surface area contributed by atoms with E-state index in [0.29, 0.717) is 19.5 Å². The summed E-state index contributed by atoms with van der Waals surface area (Å²) in [6.07, 6.45) is 0.697. The number of rotatable bonds is 1. The van der Waals surface area contributed by atoms with Crippen LogP contribution in [0.5, 0.6) is 0 Å². The molecule has 1 saturated heterocycles. The van der Waals surface area contributed by atoms with Crippen LogP contribution in [0.2, 0.25) is 0 Å². The van der Waals surface area contributed by atoms with Crippen LogP contribution in [0.15, 0.2) is 18.2 Å². The van der Waals surface area contributed by atoms with Gasteiger partial charge in [-0.1, -0.05) is 6.07 Å². The molecule has 2 rings (SSSR count). The van der Waals surface area contributed by atoms with Crippen molar-refractivity contribution in [3.63, 3.8) is 0 Å². The number of nitrogens with zero attached hydrogens (tertiary/aromatic N) is 1. The Morgan fingerprint density at radius 1 is 1.44 bits per heavy atom. The standard InChI is InChI=1S/C11H12F2N2O/c12-9-3-1-2-8(10(9)13)11(16)15-5-4-7(14)6-15/h1-3,7H,4-6,14H2/t7-/m0/s1. The lowest BCUT2D eigenvalue weighted by atomic mass is 10.2. The van der Waals surface area contributed by atoms with Gasteiger partial charge in [0, 0.05) is 19.1 Å². The highest BCUT2D eigenvalue weighted by molar-refractivity contribution is 5.94. The van der Waals surface area contributed by atoms with Gasteiger partial charge >= 0.3 is 0 Å². The van der Waals surface area contributed by atoms with Crippen molar-refractivity contribution >= 4 is 5.91 Å². The minimum atomic E-state index is -1.09. The third-order valence-corrected chi connectivity index (χ3v) is 2.69. The summed E-state index contributed by atoms with van der Waals surface area (Å²) >= 11 is 0. The van der Waals surface area contributed by atoms with Crippen LogP contribution in [0.3, 0.4) is 0 Å². The van der Waals surface area contributed by atoms with E-state index in [2.05, 4.69) is 0 Å². The Labute approximate surface area is 91.8 Å². The van der Waals surface area contributed by atoms with Crippen LogP contribution in [0.4, 0.5) is 8.78 Å². The minimum absolute atomic E-state index is 0.0689. The number of halogens is 2. The average molecular weight is 226 g/mol. The predicted molar refractivity (Wildman–Crippen MR) is 54.9 cm³/mol. The summed E-state index contributed by atoms with van der Waals surface area (Å²) in [6.45, 7) is 0.894. The number of carbonyl (C=O) groups is 1. The Balaban J connectivity index is 2.24. The van der Waals surface area contributed by atoms with Gasteiger partial charge < -0.3 is 10.6 Å². The van der Waals surface area contributed by atoms with Crippen molar-refractivity contribution in [3.8, 4) is 0 Å². The zero-order chi connectivity index (χ0) is 11.7. The monoisotopic (exact) mass is 226 g/mol. The quantitative estimate of drug-likeness (QED) is 0.780. The first kappa shape index (κ1) is 11.0. The van der Waals surface area contributed by atoms with Crippen molar-refractivity contribution < 1.29 is 13.6 Å². The van der Waals surface area contributed by atoms with Crippen LogP contribution < -0.4 is 5.73 Å². The van der Waals surface area contributed by atoms with Gasteiger partial charge in [-0.05, 0) is 18.6 Å². The molecule has 1 atom stereocenters. The molecule has 3 nitrogen and oxygen atoms in total. The van der Waals surface area contributed by atoms with Crippen molar-refractivity contribution in [1.82, 2.24) is 4.90 Å². The smallest absolute Gasteiger partial charge is 0.256 e. The molecule has 1 aromatic carbocycles. The number of hydrogen-bond donors (Lipinski definition) is 1. The number of benzene rings is 1. The molecule has 0 spiro atoms. The number of nitrogens with two attached hydrogens (primary N) is 1. The Kier molecular flexibility index (Phi) is 2.87. The number of likely N-dealkylation sites (tertiary alicyclic amines) is 1. The number of amides is 1. The van der Waals surface area contributed by atoms with Crippen LogP contribution in [0.25, 0.3) is 0 Å². The van der Waals surface area contributed by atoms with Gasteiger partial charge in [0.15, 0.2) is 11.6 Å². The van der Waals surface area contributed by atoms with Crippen LogP contribution >= 0.6 is 0 Å². The van der Waals surface area contributed by atoms with Crippen molar-refractivity contribution in [2.24, 2.45) is 5.73 Å². The van der Waals surface area contributed by atoms with Crippen LogP contribution in [-0.2, 0) is 0 Å². The van der Waals surface area contributed by atoms with Gasteiger partial charge in [0.1, 0.15) is 0 Å². The van der Waals surface area contributed by atoms with Crippen molar-refractivity contribution in [3.05, 3.63) is 35.4 Å². The molecular formula is C11H12F2N2O. The molecule has 1 fully saturated rings. The number of carbonyl (C=O) groups excluding carboxylic acids is 1. The summed E-state index contributed by atoms with van der Waals surface area (Å²) in [5.74, 6) is -2.59. The third kappa shape index (κ3) is 1.90. The molecule has 0 saturated carbocycles. The zero-order valence-electron chi connectivity index (χ0n) is 8.62. The van der Waals surface area contributed by atoms with Gasteiger partial charge in [-0.15, -0.1) is 0 Å². The topological polar surface area (TPSA) is 46.3 Å². The Morgan fingerprint density at radius 2 is 2.19 bits per heavy atom. The third-order valence-electron chi connectivity index (χ3n) is 2.69. The van der Waals surface area contributed by atoms with E-state index in [-0.39, 0.29) is 11.6 Å². The highest BCUT2D eigenvalue weighted by Gasteiger charge is 2.26. The van der Waals surface area contributed by atoms with E-state index in [4.69, 9.17) is 5.73 Å². The summed E-state index contributed by atoms with van der Waals surface area (Å²) in [5, 5.41) is 0. The zero-order valence-corrected chi connectivity index (χ0v) is 8.62. The highest BCUT2D eigenvalue weighted by atomic mass is 19.2. The summed E-state index contributed by atoms with van der Waals surface area (Å²) in [6, 6.07) is 3.52. The SMILES string of the molecule is N[C@H]1CCN(C(=O)c2cccc(F)c2F)C1. The molecule has 1 heterocycles. The second kappa shape index (κ2) is 4.17. The van der Waals surface area contributed by atoms with Gasteiger partial charge in [0.05, 0.1) is 5.56 Å². The van der Waals surface area contributed by atoms with Crippen LogP contribution in [0.1, 0.15) is 16.8 Å². The Hall–Kier alpha value is -1.49. The molecule has 1 aliphatic heterocycles. The molecule has 2 N–H and O–H groups in total. The number of hydrogen-bond acceptors (Lipinski definition) is 2. The van der Waals surface area contributed by atoms with Crippen molar-refractivity contribution in [1.29, 1.82) is 0 Å². The molecule has 1 amide bonds. The molecule has 0 bridgehead atoms. The maximum atomic E-state index is 13.3. The molecule has 0 unspecified atom stereocenters. The van der Waals surface area contributed by atoms with E-state index >= 15 is 0 Å². The van der Waals surface area contributed by atoms with Crippen molar-refractivity contribution in [2.45, 2.75) is 12.5 Å². The van der Waals surface area contributed by atoms with E-state index in [9.17, 15) is 13.6 Å². The van der Waals surface area contributed by atoms with Gasteiger partial charge in [-0.2, -0.15) is 0 Å². The largest absolute Gasteiger partial charge is 0.337 e. The van der Waals surface area contributed by atoms with Gasteiger partial charge in [0.25, 0.3) is 5.91 Å². The van der Waals surface area contributed by atoms with Crippen LogP contribution in [0, 0.1) is 11.6 Å². The van der Waals surface area contributed by atoms with Gasteiger partial charge in [-0.3, -0.25) is 4.79 Å². The summed E-state index contributed by atoms with van der Waals surface area (Å²) in [4.78, 5) is 13.3. The predicted octanol–water partition coefficient (Wildman–Crippen LogP) is 1.14. The molecule has 86 valence electrons. The van der Waals surface area contributed by atoms with E-state index in [1.807, 2.05) is 0 Å². The lowest BCUT2D eigenvalue weighted by Crippen LogP contribution is -2.32. The Bertz CT molecular complexity index is 422.